The number of amides is 1. The fourth-order valence-electron chi connectivity index (χ4n) is 3.20. The summed E-state index contributed by atoms with van der Waals surface area (Å²) in [5, 5.41) is 2.17. The zero-order valence-electron chi connectivity index (χ0n) is 18.0. The normalized spacial score (nSPS) is 12.9. The minimum atomic E-state index is -4.78. The van der Waals surface area contributed by atoms with E-state index < -0.39 is 45.3 Å². The Balaban J connectivity index is 2.30. The van der Waals surface area contributed by atoms with Gasteiger partial charge in [0.15, 0.2) is 0 Å². The molecular weight excluding hydrogens is 469 g/mol. The van der Waals surface area contributed by atoms with Gasteiger partial charge in [0.1, 0.15) is 12.3 Å². The minimum absolute atomic E-state index is 0.312. The number of aryl methyl sites for hydroxylation is 1. The van der Waals surface area contributed by atoms with Crippen molar-refractivity contribution in [3.63, 3.8) is 0 Å². The third kappa shape index (κ3) is 6.29. The topological polar surface area (TPSA) is 75.7 Å². The molecule has 1 amide bonds. The van der Waals surface area contributed by atoms with Crippen molar-refractivity contribution in [3.8, 4) is 5.75 Å². The lowest BCUT2D eigenvalue weighted by molar-refractivity contribution is -0.137. The molecule has 176 valence electrons. The molecule has 2 aromatic rings. The highest BCUT2D eigenvalue weighted by molar-refractivity contribution is 7.92. The average molecular weight is 493 g/mol. The predicted octanol–water partition coefficient (Wildman–Crippen LogP) is 4.71. The SMILES string of the molecule is CC[C@@H](NC(=O)CN(c1ccc(Cl)c(C(F)(F)F)c1)S(C)(=O)=O)c1ccc(OC)c(C)c1. The molecule has 0 radical (unpaired) electrons. The summed E-state index contributed by atoms with van der Waals surface area (Å²) in [6.07, 6.45) is -3.46. The molecule has 32 heavy (non-hydrogen) atoms. The van der Waals surface area contributed by atoms with E-state index in [0.717, 1.165) is 29.5 Å². The third-order valence-electron chi connectivity index (χ3n) is 4.80. The van der Waals surface area contributed by atoms with Crippen molar-refractivity contribution in [1.29, 1.82) is 0 Å². The van der Waals surface area contributed by atoms with Crippen molar-refractivity contribution in [3.05, 3.63) is 58.1 Å². The summed E-state index contributed by atoms with van der Waals surface area (Å²) in [7, 11) is -2.52. The summed E-state index contributed by atoms with van der Waals surface area (Å²) in [4.78, 5) is 12.7. The Morgan fingerprint density at radius 3 is 2.38 bits per heavy atom. The summed E-state index contributed by atoms with van der Waals surface area (Å²) in [6.45, 7) is 3.00. The van der Waals surface area contributed by atoms with Gasteiger partial charge >= 0.3 is 6.18 Å². The van der Waals surface area contributed by atoms with E-state index in [0.29, 0.717) is 22.5 Å². The molecule has 0 spiro atoms. The van der Waals surface area contributed by atoms with Crippen molar-refractivity contribution in [2.75, 3.05) is 24.2 Å². The maximum Gasteiger partial charge on any atom is 0.417 e. The highest BCUT2D eigenvalue weighted by atomic mass is 35.5. The van der Waals surface area contributed by atoms with E-state index in [1.807, 2.05) is 19.9 Å². The number of sulfonamides is 1. The molecule has 0 aliphatic heterocycles. The molecule has 1 N–H and O–H groups in total. The number of nitrogens with one attached hydrogen (secondary N) is 1. The first-order valence-corrected chi connectivity index (χ1v) is 11.8. The second kappa shape index (κ2) is 9.99. The maximum atomic E-state index is 13.2. The number of benzene rings is 2. The fraction of sp³-hybridized carbons (Fsp3) is 0.381. The highest BCUT2D eigenvalue weighted by Crippen LogP contribution is 2.37. The van der Waals surface area contributed by atoms with E-state index in [1.54, 1.807) is 19.2 Å². The molecular formula is C21H24ClF3N2O4S. The monoisotopic (exact) mass is 492 g/mol. The van der Waals surface area contributed by atoms with Crippen LogP contribution in [0.1, 0.15) is 36.1 Å². The third-order valence-corrected chi connectivity index (χ3v) is 6.27. The van der Waals surface area contributed by atoms with Crippen LogP contribution < -0.4 is 14.4 Å². The standard InChI is InChI=1S/C21H24ClF3N2O4S/c1-5-18(14-6-9-19(31-3)13(2)10-14)26-20(28)12-27(32(4,29)30)15-7-8-17(22)16(11-15)21(23,24)25/h6-11,18H,5,12H2,1-4H3,(H,26,28)/t18-/m1/s1. The van der Waals surface area contributed by atoms with Crippen LogP contribution in [0.4, 0.5) is 18.9 Å². The quantitative estimate of drug-likeness (QED) is 0.579. The lowest BCUT2D eigenvalue weighted by Gasteiger charge is -2.25. The number of anilines is 1. The summed E-state index contributed by atoms with van der Waals surface area (Å²) in [6, 6.07) is 7.64. The van der Waals surface area contributed by atoms with Gasteiger partial charge in [-0.2, -0.15) is 13.2 Å². The average Bonchev–Trinajstić information content (AvgIpc) is 2.69. The Kier molecular flexibility index (Phi) is 8.06. The molecule has 0 aliphatic rings. The van der Waals surface area contributed by atoms with Crippen LogP contribution in [0.5, 0.6) is 5.75 Å². The van der Waals surface area contributed by atoms with Crippen LogP contribution in [0.2, 0.25) is 5.02 Å². The van der Waals surface area contributed by atoms with E-state index in [1.165, 1.54) is 0 Å². The molecule has 0 heterocycles. The first kappa shape index (κ1) is 25.8. The van der Waals surface area contributed by atoms with Crippen LogP contribution in [0, 0.1) is 6.92 Å². The molecule has 0 unspecified atom stereocenters. The first-order valence-electron chi connectivity index (χ1n) is 9.56. The first-order chi connectivity index (χ1) is 14.8. The number of alkyl halides is 3. The van der Waals surface area contributed by atoms with Gasteiger partial charge in [-0.1, -0.05) is 30.7 Å². The number of hydrogen-bond donors (Lipinski definition) is 1. The van der Waals surface area contributed by atoms with E-state index in [-0.39, 0.29) is 5.69 Å². The van der Waals surface area contributed by atoms with Gasteiger partial charge in [0.2, 0.25) is 15.9 Å². The van der Waals surface area contributed by atoms with Gasteiger partial charge in [0.25, 0.3) is 0 Å². The number of ether oxygens (including phenoxy) is 1. The van der Waals surface area contributed by atoms with Gasteiger partial charge in [-0.15, -0.1) is 0 Å². The molecule has 0 fully saturated rings. The molecule has 2 rings (SSSR count). The van der Waals surface area contributed by atoms with Crippen LogP contribution in [-0.2, 0) is 21.0 Å². The van der Waals surface area contributed by atoms with Gasteiger partial charge in [-0.3, -0.25) is 9.10 Å². The van der Waals surface area contributed by atoms with E-state index in [4.69, 9.17) is 16.3 Å². The van der Waals surface area contributed by atoms with E-state index in [2.05, 4.69) is 5.32 Å². The number of hydrogen-bond acceptors (Lipinski definition) is 4. The van der Waals surface area contributed by atoms with Crippen molar-refractivity contribution in [2.45, 2.75) is 32.5 Å². The lowest BCUT2D eigenvalue weighted by Crippen LogP contribution is -2.41. The number of methoxy groups -OCH3 is 1. The molecule has 0 saturated heterocycles. The largest absolute Gasteiger partial charge is 0.496 e. The number of carbonyl (C=O) groups is 1. The van der Waals surface area contributed by atoms with Gasteiger partial charge in [0.05, 0.1) is 35.7 Å². The zero-order chi connectivity index (χ0) is 24.3. The Morgan fingerprint density at radius 2 is 1.88 bits per heavy atom. The van der Waals surface area contributed by atoms with Crippen LogP contribution in [-0.4, -0.2) is 34.2 Å². The maximum absolute atomic E-state index is 13.2. The number of nitrogens with zero attached hydrogens (tertiary/aromatic N) is 1. The van der Waals surface area contributed by atoms with Gasteiger partial charge in [-0.25, -0.2) is 8.42 Å². The molecule has 0 aromatic heterocycles. The molecule has 1 atom stereocenters. The Hall–Kier alpha value is -2.46. The highest BCUT2D eigenvalue weighted by Gasteiger charge is 2.34. The van der Waals surface area contributed by atoms with Crippen LogP contribution in [0.15, 0.2) is 36.4 Å². The van der Waals surface area contributed by atoms with Crippen LogP contribution in [0.3, 0.4) is 0 Å². The van der Waals surface area contributed by atoms with E-state index in [9.17, 15) is 26.4 Å². The van der Waals surface area contributed by atoms with Gasteiger partial charge in [0, 0.05) is 0 Å². The Morgan fingerprint density at radius 1 is 1.22 bits per heavy atom. The second-order valence-corrected chi connectivity index (χ2v) is 9.50. The van der Waals surface area contributed by atoms with Crippen LogP contribution >= 0.6 is 11.6 Å². The van der Waals surface area contributed by atoms with Gasteiger partial charge in [-0.05, 0) is 48.7 Å². The number of carbonyl (C=O) groups excluding carboxylic acids is 1. The molecule has 0 aliphatic carbocycles. The summed E-state index contributed by atoms with van der Waals surface area (Å²) in [5.41, 5.74) is 0.144. The number of rotatable bonds is 8. The molecule has 2 aromatic carbocycles. The second-order valence-electron chi connectivity index (χ2n) is 7.19. The van der Waals surface area contributed by atoms with Crippen LogP contribution in [0.25, 0.3) is 0 Å². The molecule has 0 saturated carbocycles. The van der Waals surface area contributed by atoms with Crippen molar-refractivity contribution in [1.82, 2.24) is 5.32 Å². The van der Waals surface area contributed by atoms with Crippen molar-refractivity contribution in [2.24, 2.45) is 0 Å². The summed E-state index contributed by atoms with van der Waals surface area (Å²) >= 11 is 5.62. The predicted molar refractivity (Wildman–Crippen MR) is 118 cm³/mol. The Labute approximate surface area is 190 Å². The van der Waals surface area contributed by atoms with Crippen molar-refractivity contribution < 1.29 is 31.1 Å². The lowest BCUT2D eigenvalue weighted by atomic mass is 10.0. The summed E-state index contributed by atoms with van der Waals surface area (Å²) < 4.78 is 70.0. The number of halogens is 4. The molecule has 0 bridgehead atoms. The summed E-state index contributed by atoms with van der Waals surface area (Å²) in [5.74, 6) is 0.0145. The molecule has 6 nitrogen and oxygen atoms in total. The fourth-order valence-corrected chi connectivity index (χ4v) is 4.27. The van der Waals surface area contributed by atoms with E-state index >= 15 is 0 Å². The smallest absolute Gasteiger partial charge is 0.417 e. The molecule has 11 heteroatoms. The van der Waals surface area contributed by atoms with Gasteiger partial charge < -0.3 is 10.1 Å². The minimum Gasteiger partial charge on any atom is -0.496 e. The zero-order valence-corrected chi connectivity index (χ0v) is 19.5. The van der Waals surface area contributed by atoms with Crippen molar-refractivity contribution >= 4 is 33.2 Å². The Bertz CT molecular complexity index is 1090.